The second-order valence-corrected chi connectivity index (χ2v) is 11.3. The lowest BCUT2D eigenvalue weighted by molar-refractivity contribution is 0.254. The molecule has 0 aliphatic heterocycles. The number of nitrogens with two attached hydrogens (primary N) is 1. The molecule has 8 nitrogen and oxygen atoms in total. The first-order chi connectivity index (χ1) is 15.0. The maximum atomic E-state index is 12.9. The van der Waals surface area contributed by atoms with Gasteiger partial charge >= 0.3 is 6.03 Å². The van der Waals surface area contributed by atoms with Gasteiger partial charge in [-0.3, -0.25) is 9.53 Å². The van der Waals surface area contributed by atoms with Crippen molar-refractivity contribution < 1.29 is 9.00 Å². The van der Waals surface area contributed by atoms with Crippen LogP contribution in [0.25, 0.3) is 0 Å². The summed E-state index contributed by atoms with van der Waals surface area (Å²) in [4.78, 5) is 25.5. The van der Waals surface area contributed by atoms with Crippen molar-refractivity contribution in [2.45, 2.75) is 56.5 Å². The number of hydrogen-bond acceptors (Lipinski definition) is 6. The fraction of sp³-hybridized carbons (Fsp3) is 0.391. The number of nitrogen functional groups attached to an aromatic ring is 1. The number of carbonyl (C=O) groups excluding carboxylic acids is 1. The van der Waals surface area contributed by atoms with Crippen molar-refractivity contribution >= 4 is 28.5 Å². The third kappa shape index (κ3) is 5.21. The number of hydrogen-bond donors (Lipinski definition) is 3. The molecule has 0 saturated heterocycles. The molecule has 2 aromatic rings. The third-order valence-corrected chi connectivity index (χ3v) is 7.42. The molecule has 170 valence electrons. The normalized spacial score (nSPS) is 19.4. The summed E-state index contributed by atoms with van der Waals surface area (Å²) in [6.07, 6.45) is 7.87. The number of nitrogens with one attached hydrogen (secondary N) is 2. The van der Waals surface area contributed by atoms with Crippen LogP contribution in [0.1, 0.15) is 52.6 Å². The lowest BCUT2D eigenvalue weighted by Crippen LogP contribution is -2.33. The molecule has 1 aliphatic carbocycles. The van der Waals surface area contributed by atoms with E-state index in [0.717, 1.165) is 0 Å². The number of anilines is 2. The van der Waals surface area contributed by atoms with Crippen LogP contribution in [0.3, 0.4) is 0 Å². The van der Waals surface area contributed by atoms with E-state index in [2.05, 4.69) is 20.6 Å². The van der Waals surface area contributed by atoms with Gasteiger partial charge in [0.2, 0.25) is 0 Å². The third-order valence-electron chi connectivity index (χ3n) is 5.35. The highest BCUT2D eigenvalue weighted by atomic mass is 32.2. The maximum absolute atomic E-state index is 12.9. The van der Waals surface area contributed by atoms with Gasteiger partial charge in [0, 0.05) is 39.4 Å². The molecule has 32 heavy (non-hydrogen) atoms. The monoisotopic (exact) mass is 454 g/mol. The van der Waals surface area contributed by atoms with Crippen LogP contribution in [-0.2, 0) is 21.0 Å². The summed E-state index contributed by atoms with van der Waals surface area (Å²) in [5, 5.41) is 5.49. The standard InChI is InChI=1S/C23H30N6O2S/c1-15(2)32(31)22(3,4)17-14-18(24)28-20(27-17)23(5)11-9-16(10-12-23)26-21(30)29-19-8-6-7-13-25-19/h6-11,13-15H,12H2,1-5H3,(H2,24,27,28)(H2,25,26,29,30). The van der Waals surface area contributed by atoms with Crippen molar-refractivity contribution in [2.75, 3.05) is 11.1 Å². The van der Waals surface area contributed by atoms with Gasteiger partial charge in [-0.15, -0.1) is 0 Å². The van der Waals surface area contributed by atoms with Gasteiger partial charge in [0.25, 0.3) is 0 Å². The number of amides is 2. The molecule has 2 heterocycles. The number of urea groups is 1. The Kier molecular flexibility index (Phi) is 6.78. The molecule has 0 aromatic carbocycles. The van der Waals surface area contributed by atoms with Gasteiger partial charge in [0.05, 0.1) is 10.4 Å². The number of rotatable bonds is 6. The summed E-state index contributed by atoms with van der Waals surface area (Å²) in [5.74, 6) is 1.37. The highest BCUT2D eigenvalue weighted by molar-refractivity contribution is 7.86. The SMILES string of the molecule is CC(C)S(=O)C(C)(C)c1cc(N)nc(C2(C)C=CC(NC(=O)Nc3ccccn3)=CC2)n1. The summed E-state index contributed by atoms with van der Waals surface area (Å²) in [6, 6.07) is 6.62. The number of carbonyl (C=O) groups is 1. The Bertz CT molecular complexity index is 1080. The van der Waals surface area contributed by atoms with E-state index in [9.17, 15) is 9.00 Å². The lowest BCUT2D eigenvalue weighted by Gasteiger charge is -2.30. The van der Waals surface area contributed by atoms with Gasteiger partial charge in [-0.1, -0.05) is 32.1 Å². The van der Waals surface area contributed by atoms with Crippen LogP contribution in [0, 0.1) is 0 Å². The lowest BCUT2D eigenvalue weighted by atomic mass is 9.82. The molecule has 1 aliphatic rings. The van der Waals surface area contributed by atoms with Gasteiger partial charge in [-0.2, -0.15) is 0 Å². The zero-order valence-corrected chi connectivity index (χ0v) is 19.9. The highest BCUT2D eigenvalue weighted by Gasteiger charge is 2.35. The topological polar surface area (TPSA) is 123 Å². The molecule has 0 fully saturated rings. The van der Waals surface area contributed by atoms with Gasteiger partial charge in [-0.25, -0.2) is 19.7 Å². The van der Waals surface area contributed by atoms with Crippen molar-refractivity contribution in [3.63, 3.8) is 0 Å². The minimum Gasteiger partial charge on any atom is -0.384 e. The molecule has 2 amide bonds. The fourth-order valence-corrected chi connectivity index (χ4v) is 4.92. The van der Waals surface area contributed by atoms with E-state index in [4.69, 9.17) is 10.7 Å². The predicted octanol–water partition coefficient (Wildman–Crippen LogP) is 3.77. The quantitative estimate of drug-likeness (QED) is 0.611. The Morgan fingerprint density at radius 1 is 1.25 bits per heavy atom. The summed E-state index contributed by atoms with van der Waals surface area (Å²) in [7, 11) is -1.13. The van der Waals surface area contributed by atoms with Crippen LogP contribution in [0.2, 0.25) is 0 Å². The Morgan fingerprint density at radius 2 is 2.00 bits per heavy atom. The number of pyridine rings is 1. The molecule has 4 N–H and O–H groups in total. The molecular formula is C23H30N6O2S. The highest BCUT2D eigenvalue weighted by Crippen LogP contribution is 2.35. The molecule has 2 atom stereocenters. The van der Waals surface area contributed by atoms with Crippen LogP contribution in [0.5, 0.6) is 0 Å². The Balaban J connectivity index is 1.76. The second kappa shape index (κ2) is 9.20. The van der Waals surface area contributed by atoms with Crippen LogP contribution < -0.4 is 16.4 Å². The van der Waals surface area contributed by atoms with E-state index in [1.54, 1.807) is 30.5 Å². The van der Waals surface area contributed by atoms with E-state index in [0.29, 0.717) is 35.3 Å². The second-order valence-electron chi connectivity index (χ2n) is 8.77. The van der Waals surface area contributed by atoms with E-state index < -0.39 is 21.0 Å². The average molecular weight is 455 g/mol. The molecule has 2 unspecified atom stereocenters. The summed E-state index contributed by atoms with van der Waals surface area (Å²) < 4.78 is 12.2. The molecule has 2 aromatic heterocycles. The van der Waals surface area contributed by atoms with Gasteiger partial charge < -0.3 is 11.1 Å². The first-order valence-electron chi connectivity index (χ1n) is 10.5. The minimum atomic E-state index is -1.13. The first-order valence-corrected chi connectivity index (χ1v) is 11.7. The maximum Gasteiger partial charge on any atom is 0.324 e. The minimum absolute atomic E-state index is 0.0106. The number of allylic oxidation sites excluding steroid dienone is 3. The molecule has 0 saturated carbocycles. The Morgan fingerprint density at radius 3 is 2.59 bits per heavy atom. The van der Waals surface area contributed by atoms with Gasteiger partial charge in [-0.05, 0) is 45.4 Å². The van der Waals surface area contributed by atoms with E-state index in [1.807, 2.05) is 52.8 Å². The fourth-order valence-electron chi connectivity index (χ4n) is 3.43. The van der Waals surface area contributed by atoms with Crippen molar-refractivity contribution in [1.29, 1.82) is 0 Å². The zero-order chi connectivity index (χ0) is 23.5. The van der Waals surface area contributed by atoms with Crippen molar-refractivity contribution in [2.24, 2.45) is 0 Å². The molecule has 9 heteroatoms. The van der Waals surface area contributed by atoms with Crippen LogP contribution >= 0.6 is 0 Å². The number of nitrogens with zero attached hydrogens (tertiary/aromatic N) is 3. The predicted molar refractivity (Wildman–Crippen MR) is 128 cm³/mol. The average Bonchev–Trinajstić information content (AvgIpc) is 2.75. The Labute approximate surface area is 191 Å². The van der Waals surface area contributed by atoms with Crippen LogP contribution in [0.4, 0.5) is 16.4 Å². The molecule has 0 spiro atoms. The smallest absolute Gasteiger partial charge is 0.324 e. The zero-order valence-electron chi connectivity index (χ0n) is 19.0. The molecule has 0 radical (unpaired) electrons. The van der Waals surface area contributed by atoms with Crippen molar-refractivity contribution in [3.8, 4) is 0 Å². The van der Waals surface area contributed by atoms with Crippen molar-refractivity contribution in [1.82, 2.24) is 20.3 Å². The summed E-state index contributed by atoms with van der Waals surface area (Å²) >= 11 is 0. The first kappa shape index (κ1) is 23.6. The molecule has 0 bridgehead atoms. The summed E-state index contributed by atoms with van der Waals surface area (Å²) in [5.41, 5.74) is 6.92. The summed E-state index contributed by atoms with van der Waals surface area (Å²) in [6.45, 7) is 9.69. The van der Waals surface area contributed by atoms with E-state index in [-0.39, 0.29) is 11.3 Å². The van der Waals surface area contributed by atoms with Crippen molar-refractivity contribution in [3.05, 3.63) is 65.9 Å². The van der Waals surface area contributed by atoms with Gasteiger partial charge in [0.15, 0.2) is 0 Å². The molecule has 3 rings (SSSR count). The largest absolute Gasteiger partial charge is 0.384 e. The van der Waals surface area contributed by atoms with E-state index >= 15 is 0 Å². The Hall–Kier alpha value is -3.07. The van der Waals surface area contributed by atoms with Crippen LogP contribution in [0.15, 0.2) is 54.4 Å². The number of aromatic nitrogens is 3. The molecular weight excluding hydrogens is 424 g/mol. The van der Waals surface area contributed by atoms with Gasteiger partial charge in [0.1, 0.15) is 17.5 Å². The van der Waals surface area contributed by atoms with E-state index in [1.165, 1.54) is 0 Å². The van der Waals surface area contributed by atoms with Crippen LogP contribution in [-0.4, -0.2) is 30.4 Å².